The quantitative estimate of drug-likeness (QED) is 0.625. The van der Waals surface area contributed by atoms with Crippen LogP contribution in [-0.2, 0) is 0 Å². The third-order valence-electron chi connectivity index (χ3n) is 6.27. The Morgan fingerprint density at radius 3 is 1.29 bits per heavy atom. The van der Waals surface area contributed by atoms with E-state index in [9.17, 15) is 0 Å². The molecule has 2 fully saturated rings. The third-order valence-corrected chi connectivity index (χ3v) is 24.0. The van der Waals surface area contributed by atoms with E-state index in [2.05, 4.69) is 100 Å². The second-order valence-corrected chi connectivity index (χ2v) is 23.0. The Kier molecular flexibility index (Phi) is 4.20. The molecular formula is C22H24Si2. The van der Waals surface area contributed by atoms with Crippen molar-refractivity contribution >= 4 is 15.2 Å². The molecule has 4 aliphatic carbocycles. The van der Waals surface area contributed by atoms with Gasteiger partial charge in [0.05, 0.1) is 15.2 Å². The first-order valence-electron chi connectivity index (χ1n) is 8.73. The summed E-state index contributed by atoms with van der Waals surface area (Å²) in [6, 6.07) is 0. The SMILES string of the molecule is C[Si](C)([C]1[CH][CH][C]2C=CC=C[C]21)[Si](C)(C)[C]1[CH][CH][C]2C=CC=C[C]21. The molecule has 0 heterocycles. The molecule has 0 unspecified atom stereocenters. The predicted octanol–water partition coefficient (Wildman–Crippen LogP) is 5.10. The van der Waals surface area contributed by atoms with Crippen LogP contribution in [0.25, 0.3) is 0 Å². The number of hydrogen-bond acceptors (Lipinski definition) is 0. The van der Waals surface area contributed by atoms with Crippen molar-refractivity contribution in [3.8, 4) is 0 Å². The van der Waals surface area contributed by atoms with E-state index < -0.39 is 15.2 Å². The third kappa shape index (κ3) is 2.44. The maximum Gasteiger partial charge on any atom is 0.0500 e. The molecule has 120 valence electrons. The second-order valence-electron chi connectivity index (χ2n) is 7.92. The first kappa shape index (κ1) is 16.8. The highest BCUT2D eigenvalue weighted by molar-refractivity contribution is 7.45. The largest absolute Gasteiger partial charge is 0.0762 e. The van der Waals surface area contributed by atoms with Gasteiger partial charge in [-0.3, -0.25) is 0 Å². The van der Waals surface area contributed by atoms with Crippen LogP contribution in [0.4, 0.5) is 0 Å². The van der Waals surface area contributed by atoms with Crippen LogP contribution in [0.5, 0.6) is 0 Å². The molecule has 2 saturated carbocycles. The number of allylic oxidation sites excluding steroid dienone is 8. The fourth-order valence-corrected chi connectivity index (χ4v) is 13.6. The lowest BCUT2D eigenvalue weighted by molar-refractivity contribution is 1.17. The van der Waals surface area contributed by atoms with Crippen molar-refractivity contribution < 1.29 is 0 Å². The zero-order valence-corrected chi connectivity index (χ0v) is 16.9. The smallest absolute Gasteiger partial charge is 0.0500 e. The monoisotopic (exact) mass is 344 g/mol. The van der Waals surface area contributed by atoms with Gasteiger partial charge in [-0.15, -0.1) is 0 Å². The van der Waals surface area contributed by atoms with Crippen LogP contribution < -0.4 is 0 Å². The molecule has 0 bridgehead atoms. The molecular weight excluding hydrogens is 320 g/mol. The summed E-state index contributed by atoms with van der Waals surface area (Å²) in [5.74, 6) is 5.74. The molecule has 2 heteroatoms. The van der Waals surface area contributed by atoms with Gasteiger partial charge in [-0.05, 0) is 36.8 Å². The fourth-order valence-electron chi connectivity index (χ4n) is 4.06. The Labute approximate surface area is 150 Å². The number of fused-ring (bicyclic) bond motifs is 2. The lowest BCUT2D eigenvalue weighted by Crippen LogP contribution is -2.63. The Morgan fingerprint density at radius 1 is 0.500 bits per heavy atom. The van der Waals surface area contributed by atoms with Crippen LogP contribution in [0, 0.1) is 60.4 Å². The minimum atomic E-state index is -1.60. The Balaban J connectivity index is 1.61. The van der Waals surface area contributed by atoms with Crippen molar-refractivity contribution in [2.45, 2.75) is 26.2 Å². The van der Waals surface area contributed by atoms with E-state index in [1.54, 1.807) is 11.1 Å². The van der Waals surface area contributed by atoms with Gasteiger partial charge >= 0.3 is 0 Å². The lowest BCUT2D eigenvalue weighted by atomic mass is 9.92. The standard InChI is InChI=1S/C22H24Si2/c1-23(2,21-15-13-17-9-5-7-11-19(17)21)24(3,4)22-16-14-18-10-6-8-12-20(18)22/h5-16H,1-4H3. The summed E-state index contributed by atoms with van der Waals surface area (Å²) < 4.78 is 0. The zero-order chi connectivity index (χ0) is 16.9. The Hall–Kier alpha value is -0.606. The van der Waals surface area contributed by atoms with Gasteiger partial charge in [-0.25, -0.2) is 0 Å². The molecule has 0 atom stereocenters. The van der Waals surface area contributed by atoms with Gasteiger partial charge in [0.1, 0.15) is 0 Å². The minimum absolute atomic E-state index is 1.39. The van der Waals surface area contributed by atoms with E-state index in [1.807, 2.05) is 0 Å². The predicted molar refractivity (Wildman–Crippen MR) is 108 cm³/mol. The molecule has 0 aromatic rings. The van der Waals surface area contributed by atoms with Gasteiger partial charge in [0, 0.05) is 23.7 Å². The molecule has 0 saturated heterocycles. The summed E-state index contributed by atoms with van der Waals surface area (Å²) in [6.07, 6.45) is 27.2. The molecule has 24 heavy (non-hydrogen) atoms. The molecule has 0 nitrogen and oxygen atoms in total. The number of hydrogen-bond donors (Lipinski definition) is 0. The summed E-state index contributed by atoms with van der Waals surface area (Å²) in [5, 5.41) is 0. The highest BCUT2D eigenvalue weighted by atomic mass is 29.3. The maximum absolute atomic E-state index is 2.59. The van der Waals surface area contributed by atoms with E-state index in [4.69, 9.17) is 0 Å². The van der Waals surface area contributed by atoms with Gasteiger partial charge in [-0.2, -0.15) is 0 Å². The van der Waals surface area contributed by atoms with Gasteiger partial charge in [0.25, 0.3) is 0 Å². The van der Waals surface area contributed by atoms with Crippen LogP contribution in [0.3, 0.4) is 0 Å². The van der Waals surface area contributed by atoms with Crippen molar-refractivity contribution in [2.24, 2.45) is 0 Å². The second kappa shape index (κ2) is 5.98. The van der Waals surface area contributed by atoms with E-state index in [-0.39, 0.29) is 0 Å². The summed E-state index contributed by atoms with van der Waals surface area (Å²) in [6.45, 7) is 10.3. The Bertz CT molecular complexity index is 553. The highest BCUT2D eigenvalue weighted by Crippen LogP contribution is 2.56. The first-order chi connectivity index (χ1) is 11.4. The first-order valence-corrected chi connectivity index (χ1v) is 15.7. The molecule has 4 rings (SSSR count). The topological polar surface area (TPSA) is 0 Å². The summed E-state index contributed by atoms with van der Waals surface area (Å²) in [5.41, 5.74) is 3.28. The Morgan fingerprint density at radius 2 is 0.875 bits per heavy atom. The van der Waals surface area contributed by atoms with Crippen molar-refractivity contribution in [2.75, 3.05) is 0 Å². The molecule has 0 spiro atoms. The van der Waals surface area contributed by atoms with Crippen LogP contribution in [0.2, 0.25) is 26.2 Å². The molecule has 4 aliphatic rings. The summed E-state index contributed by atoms with van der Waals surface area (Å²) in [7, 11) is -3.20. The van der Waals surface area contributed by atoms with Gasteiger partial charge in [0.15, 0.2) is 0 Å². The summed E-state index contributed by atoms with van der Waals surface area (Å²) in [4.78, 5) is 0. The average molecular weight is 345 g/mol. The highest BCUT2D eigenvalue weighted by Gasteiger charge is 2.58. The molecule has 0 aromatic heterocycles. The average Bonchev–Trinajstić information content (AvgIpc) is 3.19. The molecule has 0 N–H and O–H groups in total. The van der Waals surface area contributed by atoms with Crippen LogP contribution in [0.1, 0.15) is 0 Å². The van der Waals surface area contributed by atoms with Crippen LogP contribution in [0.15, 0.2) is 48.6 Å². The lowest BCUT2D eigenvalue weighted by Gasteiger charge is -2.49. The molecule has 0 aromatic carbocycles. The molecule has 10 radical (unpaired) electrons. The normalized spacial score (nSPS) is 27.3. The van der Waals surface area contributed by atoms with Gasteiger partial charge in [0.2, 0.25) is 0 Å². The molecule has 0 amide bonds. The maximum atomic E-state index is 2.59. The van der Waals surface area contributed by atoms with Crippen molar-refractivity contribution in [1.82, 2.24) is 0 Å². The van der Waals surface area contributed by atoms with Crippen molar-refractivity contribution in [3.05, 3.63) is 109 Å². The summed E-state index contributed by atoms with van der Waals surface area (Å²) >= 11 is 0. The minimum Gasteiger partial charge on any atom is -0.0762 e. The van der Waals surface area contributed by atoms with E-state index in [0.29, 0.717) is 0 Å². The van der Waals surface area contributed by atoms with E-state index >= 15 is 0 Å². The van der Waals surface area contributed by atoms with Gasteiger partial charge < -0.3 is 0 Å². The fraction of sp³-hybridized carbons (Fsp3) is 0.182. The van der Waals surface area contributed by atoms with E-state index in [0.717, 1.165) is 0 Å². The van der Waals surface area contributed by atoms with Crippen molar-refractivity contribution in [1.29, 1.82) is 0 Å². The molecule has 0 aliphatic heterocycles. The van der Waals surface area contributed by atoms with Crippen LogP contribution in [-0.4, -0.2) is 15.2 Å². The van der Waals surface area contributed by atoms with Crippen molar-refractivity contribution in [3.63, 3.8) is 0 Å². The number of rotatable bonds is 3. The zero-order valence-electron chi connectivity index (χ0n) is 14.9. The van der Waals surface area contributed by atoms with E-state index in [1.165, 1.54) is 23.7 Å². The van der Waals surface area contributed by atoms with Crippen LogP contribution >= 0.6 is 0 Å². The van der Waals surface area contributed by atoms with Gasteiger partial charge in [-0.1, -0.05) is 74.8 Å².